The van der Waals surface area contributed by atoms with E-state index in [0.717, 1.165) is 62.2 Å². The number of hydrazine groups is 1. The van der Waals surface area contributed by atoms with Crippen LogP contribution >= 0.6 is 0 Å². The minimum atomic E-state index is 0.720. The zero-order chi connectivity index (χ0) is 17.6. The largest absolute Gasteiger partial charge is 0.497 e. The fourth-order valence-electron chi connectivity index (χ4n) is 2.42. The highest BCUT2D eigenvalue weighted by molar-refractivity contribution is 5.97. The molecule has 0 bridgehead atoms. The van der Waals surface area contributed by atoms with Crippen molar-refractivity contribution in [1.82, 2.24) is 5.43 Å². The van der Waals surface area contributed by atoms with Gasteiger partial charge in [-0.05, 0) is 56.5 Å². The van der Waals surface area contributed by atoms with Crippen LogP contribution in [0.25, 0.3) is 0 Å². The Bertz CT molecular complexity index is 552. The summed E-state index contributed by atoms with van der Waals surface area (Å²) in [5, 5.41) is 0. The summed E-state index contributed by atoms with van der Waals surface area (Å²) in [5.41, 5.74) is 4.99. The van der Waals surface area contributed by atoms with Crippen LogP contribution in [0.3, 0.4) is 0 Å². The Morgan fingerprint density at radius 1 is 1.33 bits per heavy atom. The average molecular weight is 330 g/mol. The van der Waals surface area contributed by atoms with Crippen molar-refractivity contribution >= 4 is 12.6 Å². The molecule has 3 N–H and O–H groups in total. The van der Waals surface area contributed by atoms with E-state index < -0.39 is 0 Å². The van der Waals surface area contributed by atoms with Gasteiger partial charge in [0.1, 0.15) is 11.6 Å². The second-order valence-electron chi connectivity index (χ2n) is 5.62. The number of nitrogens with one attached hydrogen (secondary N) is 1. The number of ether oxygens (including phenoxy) is 1. The number of rotatable bonds is 11. The molecule has 0 unspecified atom stereocenters. The quantitative estimate of drug-likeness (QED) is 0.214. The first-order valence-electron chi connectivity index (χ1n) is 8.54. The first-order valence-corrected chi connectivity index (χ1v) is 8.54. The Hall–Kier alpha value is -2.14. The third-order valence-electron chi connectivity index (χ3n) is 3.77. The molecule has 0 spiro atoms. The van der Waals surface area contributed by atoms with Gasteiger partial charge in [-0.3, -0.25) is 9.98 Å². The van der Waals surface area contributed by atoms with Gasteiger partial charge in [0.2, 0.25) is 0 Å². The molecule has 0 atom stereocenters. The first kappa shape index (κ1) is 19.9. The van der Waals surface area contributed by atoms with E-state index in [-0.39, 0.29) is 0 Å². The molecule has 0 radical (unpaired) electrons. The predicted octanol–water partition coefficient (Wildman–Crippen LogP) is 3.65. The zero-order valence-corrected chi connectivity index (χ0v) is 14.9. The normalized spacial score (nSPS) is 12.1. The van der Waals surface area contributed by atoms with Gasteiger partial charge < -0.3 is 10.2 Å². The highest BCUT2D eigenvalue weighted by Crippen LogP contribution is 2.16. The van der Waals surface area contributed by atoms with Gasteiger partial charge >= 0.3 is 0 Å². The summed E-state index contributed by atoms with van der Waals surface area (Å²) in [7, 11) is 1.69. The smallest absolute Gasteiger partial charge is 0.139 e. The minimum absolute atomic E-state index is 0.720. The van der Waals surface area contributed by atoms with Crippen LogP contribution in [0, 0.1) is 0 Å². The van der Waals surface area contributed by atoms with Crippen molar-refractivity contribution in [2.45, 2.75) is 45.4 Å². The maximum Gasteiger partial charge on any atom is 0.139 e. The van der Waals surface area contributed by atoms with E-state index in [1.165, 1.54) is 5.56 Å². The SMILES string of the molecule is C=N/C=C(/CCCCc1cccc(OC)c1)C(=NCCCC)NN. The van der Waals surface area contributed by atoms with Crippen molar-refractivity contribution in [2.75, 3.05) is 13.7 Å². The number of nitrogens with zero attached hydrogens (tertiary/aromatic N) is 2. The Balaban J connectivity index is 2.52. The Morgan fingerprint density at radius 3 is 2.83 bits per heavy atom. The molecular weight excluding hydrogens is 300 g/mol. The van der Waals surface area contributed by atoms with Gasteiger partial charge in [0.05, 0.1) is 7.11 Å². The molecule has 0 aliphatic rings. The Kier molecular flexibility index (Phi) is 10.2. The van der Waals surface area contributed by atoms with Crippen LogP contribution in [-0.4, -0.2) is 26.2 Å². The van der Waals surface area contributed by atoms with Gasteiger partial charge in [0.25, 0.3) is 0 Å². The van der Waals surface area contributed by atoms with Gasteiger partial charge in [-0.1, -0.05) is 25.5 Å². The maximum absolute atomic E-state index is 5.62. The monoisotopic (exact) mass is 330 g/mol. The lowest BCUT2D eigenvalue weighted by Crippen LogP contribution is -2.32. The van der Waals surface area contributed by atoms with Crippen LogP contribution in [0.5, 0.6) is 5.75 Å². The predicted molar refractivity (Wildman–Crippen MR) is 103 cm³/mol. The summed E-state index contributed by atoms with van der Waals surface area (Å²) in [4.78, 5) is 8.41. The summed E-state index contributed by atoms with van der Waals surface area (Å²) in [6.45, 7) is 6.46. The van der Waals surface area contributed by atoms with Crippen molar-refractivity contribution in [2.24, 2.45) is 15.8 Å². The average Bonchev–Trinajstić information content (AvgIpc) is 2.62. The molecule has 5 heteroatoms. The fraction of sp³-hybridized carbons (Fsp3) is 0.474. The minimum Gasteiger partial charge on any atom is -0.497 e. The highest BCUT2D eigenvalue weighted by Gasteiger charge is 2.06. The van der Waals surface area contributed by atoms with Crippen LogP contribution in [-0.2, 0) is 6.42 Å². The summed E-state index contributed by atoms with van der Waals surface area (Å²) in [6.07, 6.45) is 7.91. The van der Waals surface area contributed by atoms with Crippen molar-refractivity contribution in [1.29, 1.82) is 0 Å². The summed E-state index contributed by atoms with van der Waals surface area (Å²) in [6, 6.07) is 8.20. The lowest BCUT2D eigenvalue weighted by Gasteiger charge is -2.10. The van der Waals surface area contributed by atoms with E-state index in [1.807, 2.05) is 12.1 Å². The maximum atomic E-state index is 5.62. The third kappa shape index (κ3) is 7.42. The second kappa shape index (κ2) is 12.3. The lowest BCUT2D eigenvalue weighted by atomic mass is 10.0. The number of nitrogens with two attached hydrogens (primary N) is 1. The molecule has 0 aliphatic carbocycles. The van der Waals surface area contributed by atoms with E-state index in [9.17, 15) is 0 Å². The summed E-state index contributed by atoms with van der Waals surface area (Å²) >= 11 is 0. The number of amidine groups is 1. The van der Waals surface area contributed by atoms with E-state index in [1.54, 1.807) is 13.3 Å². The molecule has 24 heavy (non-hydrogen) atoms. The van der Waals surface area contributed by atoms with Crippen LogP contribution in [0.4, 0.5) is 0 Å². The van der Waals surface area contributed by atoms with Crippen molar-refractivity contribution < 1.29 is 4.74 Å². The van der Waals surface area contributed by atoms with Crippen molar-refractivity contribution in [3.8, 4) is 5.75 Å². The topological polar surface area (TPSA) is 72.0 Å². The van der Waals surface area contributed by atoms with E-state index in [0.29, 0.717) is 0 Å². The first-order chi connectivity index (χ1) is 11.7. The number of aliphatic imine (C=N–C) groups is 2. The van der Waals surface area contributed by atoms with E-state index in [4.69, 9.17) is 10.6 Å². The Labute approximate surface area is 145 Å². The van der Waals surface area contributed by atoms with Gasteiger partial charge in [-0.2, -0.15) is 0 Å². The number of aryl methyl sites for hydroxylation is 1. The van der Waals surface area contributed by atoms with Crippen LogP contribution in [0.2, 0.25) is 0 Å². The van der Waals surface area contributed by atoms with Crippen LogP contribution < -0.4 is 16.0 Å². The zero-order valence-electron chi connectivity index (χ0n) is 14.9. The summed E-state index contributed by atoms with van der Waals surface area (Å²) in [5.74, 6) is 7.24. The molecule has 0 saturated heterocycles. The third-order valence-corrected chi connectivity index (χ3v) is 3.77. The molecule has 0 amide bonds. The van der Waals surface area contributed by atoms with E-state index >= 15 is 0 Å². The lowest BCUT2D eigenvalue weighted by molar-refractivity contribution is 0.414. The summed E-state index contributed by atoms with van der Waals surface area (Å²) < 4.78 is 5.26. The molecular formula is C19H30N4O. The number of unbranched alkanes of at least 4 members (excludes halogenated alkanes) is 2. The molecule has 0 aliphatic heterocycles. The van der Waals surface area contributed by atoms with Crippen LogP contribution in [0.15, 0.2) is 46.0 Å². The molecule has 0 fully saturated rings. The highest BCUT2D eigenvalue weighted by atomic mass is 16.5. The van der Waals surface area contributed by atoms with Gasteiger partial charge in [-0.25, -0.2) is 5.84 Å². The number of hydrogen-bond acceptors (Lipinski definition) is 4. The molecule has 5 nitrogen and oxygen atoms in total. The van der Waals surface area contributed by atoms with Gasteiger partial charge in [-0.15, -0.1) is 0 Å². The molecule has 132 valence electrons. The van der Waals surface area contributed by atoms with Crippen LogP contribution in [0.1, 0.15) is 44.6 Å². The number of hydrogen-bond donors (Lipinski definition) is 2. The van der Waals surface area contributed by atoms with Crippen molar-refractivity contribution in [3.05, 3.63) is 41.6 Å². The Morgan fingerprint density at radius 2 is 2.17 bits per heavy atom. The van der Waals surface area contributed by atoms with Gasteiger partial charge in [0.15, 0.2) is 0 Å². The van der Waals surface area contributed by atoms with Crippen molar-refractivity contribution in [3.63, 3.8) is 0 Å². The molecule has 0 heterocycles. The molecule has 0 aromatic heterocycles. The second-order valence-corrected chi connectivity index (χ2v) is 5.62. The standard InChI is InChI=1S/C19H30N4O/c1-4-5-13-22-19(23-20)17(15-21-2)11-7-6-9-16-10-8-12-18(14-16)24-3/h8,10,12,14-15H,2,4-7,9,11,13,20H2,1,3H3,(H,22,23)/b17-15-. The molecule has 1 rings (SSSR count). The molecule has 0 saturated carbocycles. The molecule has 1 aromatic carbocycles. The van der Waals surface area contributed by atoms with Gasteiger partial charge in [0, 0.05) is 18.3 Å². The number of benzene rings is 1. The molecule has 1 aromatic rings. The number of methoxy groups -OCH3 is 1. The fourth-order valence-corrected chi connectivity index (χ4v) is 2.42. The van der Waals surface area contributed by atoms with E-state index in [2.05, 4.69) is 41.2 Å².